The molecule has 0 saturated carbocycles. The van der Waals surface area contributed by atoms with Crippen LogP contribution < -0.4 is 0 Å². The summed E-state index contributed by atoms with van der Waals surface area (Å²) in [7, 11) is 0. The number of hydrogen-bond acceptors (Lipinski definition) is 2. The third-order valence-electron chi connectivity index (χ3n) is 1.68. The molecule has 0 saturated heterocycles. The van der Waals surface area contributed by atoms with Crippen molar-refractivity contribution in [3.05, 3.63) is 42.5 Å². The SMILES string of the molecule is Cc1nn[c]n1-c1ccccc1. The summed E-state index contributed by atoms with van der Waals surface area (Å²) in [5.74, 6) is 0.848. The van der Waals surface area contributed by atoms with Gasteiger partial charge in [-0.3, -0.25) is 4.57 Å². The maximum atomic E-state index is 3.85. The second-order valence-electron chi connectivity index (χ2n) is 2.52. The lowest BCUT2D eigenvalue weighted by atomic mass is 10.3. The number of rotatable bonds is 1. The van der Waals surface area contributed by atoms with Crippen molar-refractivity contribution >= 4 is 0 Å². The zero-order valence-electron chi connectivity index (χ0n) is 6.73. The molecule has 12 heavy (non-hydrogen) atoms. The van der Waals surface area contributed by atoms with Crippen LogP contribution in [0.25, 0.3) is 5.69 Å². The van der Waals surface area contributed by atoms with E-state index in [0.29, 0.717) is 0 Å². The summed E-state index contributed by atoms with van der Waals surface area (Å²) in [5, 5.41) is 7.54. The van der Waals surface area contributed by atoms with Crippen molar-refractivity contribution < 1.29 is 0 Å². The highest BCUT2D eigenvalue weighted by Crippen LogP contribution is 2.06. The molecule has 0 aliphatic carbocycles. The fourth-order valence-electron chi connectivity index (χ4n) is 1.08. The highest BCUT2D eigenvalue weighted by atomic mass is 15.3. The fourth-order valence-corrected chi connectivity index (χ4v) is 1.08. The van der Waals surface area contributed by atoms with Gasteiger partial charge in [0.25, 0.3) is 0 Å². The van der Waals surface area contributed by atoms with Gasteiger partial charge in [-0.05, 0) is 19.1 Å². The summed E-state index contributed by atoms with van der Waals surface area (Å²) in [6, 6.07) is 9.91. The molecule has 0 spiro atoms. The van der Waals surface area contributed by atoms with Crippen LogP contribution in [0, 0.1) is 13.3 Å². The summed E-state index contributed by atoms with van der Waals surface area (Å²) in [6.45, 7) is 1.90. The second-order valence-corrected chi connectivity index (χ2v) is 2.52. The van der Waals surface area contributed by atoms with E-state index in [1.54, 1.807) is 0 Å². The molecule has 1 aromatic heterocycles. The lowest BCUT2D eigenvalue weighted by molar-refractivity contribution is 0.966. The molecule has 3 heteroatoms. The molecule has 0 fully saturated rings. The molecule has 0 aliphatic rings. The average Bonchev–Trinajstić information content (AvgIpc) is 2.53. The van der Waals surface area contributed by atoms with Crippen molar-refractivity contribution in [2.24, 2.45) is 0 Å². The first-order chi connectivity index (χ1) is 5.88. The highest BCUT2D eigenvalue weighted by molar-refractivity contribution is 5.31. The van der Waals surface area contributed by atoms with Gasteiger partial charge in [-0.2, -0.15) is 0 Å². The van der Waals surface area contributed by atoms with Gasteiger partial charge in [-0.15, -0.1) is 10.2 Å². The van der Waals surface area contributed by atoms with Gasteiger partial charge in [0.2, 0.25) is 6.33 Å². The standard InChI is InChI=1S/C9H8N3/c1-8-11-10-7-12(8)9-5-3-2-4-6-9/h2-6H,1H3. The van der Waals surface area contributed by atoms with E-state index in [2.05, 4.69) is 16.5 Å². The summed E-state index contributed by atoms with van der Waals surface area (Å²) in [5.41, 5.74) is 1.04. The number of aromatic nitrogens is 3. The minimum Gasteiger partial charge on any atom is -0.277 e. The van der Waals surface area contributed by atoms with Crippen LogP contribution in [-0.4, -0.2) is 14.8 Å². The molecule has 2 aromatic rings. The molecule has 0 N–H and O–H groups in total. The predicted molar refractivity (Wildman–Crippen MR) is 44.9 cm³/mol. The molecule has 0 unspecified atom stereocenters. The van der Waals surface area contributed by atoms with E-state index in [4.69, 9.17) is 0 Å². The molecule has 1 radical (unpaired) electrons. The van der Waals surface area contributed by atoms with Crippen LogP contribution in [0.1, 0.15) is 5.82 Å². The highest BCUT2D eigenvalue weighted by Gasteiger charge is 1.99. The molecule has 0 aliphatic heterocycles. The molecule has 0 atom stereocenters. The molecule has 1 heterocycles. The number of aryl methyl sites for hydroxylation is 1. The summed E-state index contributed by atoms with van der Waals surface area (Å²) in [4.78, 5) is 0. The van der Waals surface area contributed by atoms with E-state index in [1.165, 1.54) is 0 Å². The Labute approximate surface area is 70.7 Å². The van der Waals surface area contributed by atoms with E-state index in [-0.39, 0.29) is 0 Å². The van der Waals surface area contributed by atoms with Gasteiger partial charge in [0.1, 0.15) is 5.82 Å². The van der Waals surface area contributed by atoms with Crippen LogP contribution >= 0.6 is 0 Å². The summed E-state index contributed by atoms with van der Waals surface area (Å²) in [6.07, 6.45) is 2.78. The Hall–Kier alpha value is -1.64. The van der Waals surface area contributed by atoms with Crippen molar-refractivity contribution in [3.63, 3.8) is 0 Å². The van der Waals surface area contributed by atoms with E-state index >= 15 is 0 Å². The first kappa shape index (κ1) is 7.03. The molecule has 3 nitrogen and oxygen atoms in total. The van der Waals surface area contributed by atoms with Crippen molar-refractivity contribution in [2.75, 3.05) is 0 Å². The predicted octanol–water partition coefficient (Wildman–Crippen LogP) is 1.38. The molecule has 59 valence electrons. The van der Waals surface area contributed by atoms with Crippen LogP contribution in [0.3, 0.4) is 0 Å². The molecular formula is C9H8N3. The first-order valence-electron chi connectivity index (χ1n) is 3.73. The van der Waals surface area contributed by atoms with Gasteiger partial charge >= 0.3 is 0 Å². The van der Waals surface area contributed by atoms with Gasteiger partial charge in [0, 0.05) is 5.69 Å². The van der Waals surface area contributed by atoms with E-state index < -0.39 is 0 Å². The van der Waals surface area contributed by atoms with Crippen molar-refractivity contribution in [1.82, 2.24) is 14.8 Å². The van der Waals surface area contributed by atoms with Crippen LogP contribution in [0.15, 0.2) is 30.3 Å². The maximum Gasteiger partial charge on any atom is 0.206 e. The Morgan fingerprint density at radius 2 is 2.00 bits per heavy atom. The number of benzene rings is 1. The molecule has 2 rings (SSSR count). The van der Waals surface area contributed by atoms with E-state index in [9.17, 15) is 0 Å². The van der Waals surface area contributed by atoms with E-state index in [0.717, 1.165) is 11.5 Å². The average molecular weight is 158 g/mol. The molecule has 0 bridgehead atoms. The third kappa shape index (κ3) is 1.09. The lowest BCUT2D eigenvalue weighted by Gasteiger charge is -2.00. The third-order valence-corrected chi connectivity index (χ3v) is 1.68. The van der Waals surface area contributed by atoms with Crippen LogP contribution in [0.5, 0.6) is 0 Å². The Morgan fingerprint density at radius 3 is 2.58 bits per heavy atom. The minimum atomic E-state index is 0.848. The second kappa shape index (κ2) is 2.77. The quantitative estimate of drug-likeness (QED) is 0.627. The zero-order chi connectivity index (χ0) is 8.39. The van der Waals surface area contributed by atoms with Crippen molar-refractivity contribution in [3.8, 4) is 5.69 Å². The number of para-hydroxylation sites is 1. The van der Waals surface area contributed by atoms with Crippen molar-refractivity contribution in [1.29, 1.82) is 0 Å². The van der Waals surface area contributed by atoms with Crippen LogP contribution in [-0.2, 0) is 0 Å². The zero-order valence-corrected chi connectivity index (χ0v) is 6.73. The van der Waals surface area contributed by atoms with Gasteiger partial charge in [-0.25, -0.2) is 0 Å². The number of hydrogen-bond donors (Lipinski definition) is 0. The van der Waals surface area contributed by atoms with Gasteiger partial charge in [0.15, 0.2) is 0 Å². The van der Waals surface area contributed by atoms with Crippen molar-refractivity contribution in [2.45, 2.75) is 6.92 Å². The van der Waals surface area contributed by atoms with Gasteiger partial charge in [0.05, 0.1) is 0 Å². The largest absolute Gasteiger partial charge is 0.277 e. The Bertz CT molecular complexity index is 364. The molecular weight excluding hydrogens is 150 g/mol. The topological polar surface area (TPSA) is 30.7 Å². The maximum absolute atomic E-state index is 3.85. The van der Waals surface area contributed by atoms with E-state index in [1.807, 2.05) is 41.8 Å². The van der Waals surface area contributed by atoms with Gasteiger partial charge in [-0.1, -0.05) is 18.2 Å². The van der Waals surface area contributed by atoms with Gasteiger partial charge < -0.3 is 0 Å². The van der Waals surface area contributed by atoms with Crippen LogP contribution in [0.2, 0.25) is 0 Å². The Balaban J connectivity index is 2.51. The monoisotopic (exact) mass is 158 g/mol. The Kier molecular flexibility index (Phi) is 1.63. The smallest absolute Gasteiger partial charge is 0.206 e. The summed E-state index contributed by atoms with van der Waals surface area (Å²) >= 11 is 0. The summed E-state index contributed by atoms with van der Waals surface area (Å²) < 4.78 is 1.82. The number of nitrogens with zero attached hydrogens (tertiary/aromatic N) is 3. The minimum absolute atomic E-state index is 0.848. The molecule has 1 aromatic carbocycles. The van der Waals surface area contributed by atoms with Crippen LogP contribution in [0.4, 0.5) is 0 Å². The fraction of sp³-hybridized carbons (Fsp3) is 0.111. The first-order valence-corrected chi connectivity index (χ1v) is 3.73. The Morgan fingerprint density at radius 1 is 1.25 bits per heavy atom. The normalized spacial score (nSPS) is 10.1. The molecule has 0 amide bonds. The lowest BCUT2D eigenvalue weighted by Crippen LogP contribution is -1.94.